The molecule has 0 unspecified atom stereocenters. The maximum Gasteiger partial charge on any atom is 0.500 e. The Labute approximate surface area is 125 Å². The number of para-hydroxylation sites is 1. The van der Waals surface area contributed by atoms with Gasteiger partial charge in [0.2, 0.25) is 0 Å². The molecule has 21 heavy (non-hydrogen) atoms. The SMILES string of the molecule is Cc1cc(OS(=O)(=O)Oc2ccccc2)c(C)c(C)c1C. The Morgan fingerprint density at radius 1 is 0.810 bits per heavy atom. The summed E-state index contributed by atoms with van der Waals surface area (Å²) in [5.74, 6) is 0.516. The van der Waals surface area contributed by atoms with E-state index in [2.05, 4.69) is 0 Å². The molecule has 0 amide bonds. The van der Waals surface area contributed by atoms with Crippen LogP contribution in [0.5, 0.6) is 11.5 Å². The average molecular weight is 306 g/mol. The molecular weight excluding hydrogens is 288 g/mol. The van der Waals surface area contributed by atoms with Crippen LogP contribution in [-0.2, 0) is 10.4 Å². The molecule has 0 spiro atoms. The first-order chi connectivity index (χ1) is 9.80. The maximum absolute atomic E-state index is 12.0. The van der Waals surface area contributed by atoms with E-state index < -0.39 is 10.4 Å². The van der Waals surface area contributed by atoms with E-state index in [1.807, 2.05) is 27.7 Å². The predicted molar refractivity (Wildman–Crippen MR) is 82.0 cm³/mol. The van der Waals surface area contributed by atoms with Crippen molar-refractivity contribution in [3.8, 4) is 11.5 Å². The summed E-state index contributed by atoms with van der Waals surface area (Å²) in [6.45, 7) is 7.68. The number of benzene rings is 2. The van der Waals surface area contributed by atoms with Crippen LogP contribution in [0.3, 0.4) is 0 Å². The van der Waals surface area contributed by atoms with E-state index in [9.17, 15) is 8.42 Å². The van der Waals surface area contributed by atoms with Crippen molar-refractivity contribution in [2.45, 2.75) is 27.7 Å². The lowest BCUT2D eigenvalue weighted by molar-refractivity contribution is 0.391. The number of hydrogen-bond donors (Lipinski definition) is 0. The summed E-state index contributed by atoms with van der Waals surface area (Å²) >= 11 is 0. The summed E-state index contributed by atoms with van der Waals surface area (Å²) in [6.07, 6.45) is 0. The molecular formula is C16H18O4S. The molecule has 2 aromatic carbocycles. The highest BCUT2D eigenvalue weighted by Crippen LogP contribution is 2.28. The lowest BCUT2D eigenvalue weighted by Gasteiger charge is -2.14. The van der Waals surface area contributed by atoms with Crippen molar-refractivity contribution in [2.75, 3.05) is 0 Å². The van der Waals surface area contributed by atoms with Gasteiger partial charge in [-0.1, -0.05) is 18.2 Å². The van der Waals surface area contributed by atoms with Crippen molar-refractivity contribution in [1.82, 2.24) is 0 Å². The van der Waals surface area contributed by atoms with Crippen LogP contribution in [0, 0.1) is 27.7 Å². The zero-order valence-electron chi connectivity index (χ0n) is 12.5. The highest BCUT2D eigenvalue weighted by Gasteiger charge is 2.19. The van der Waals surface area contributed by atoms with Gasteiger partial charge in [-0.05, 0) is 68.1 Å². The quantitative estimate of drug-likeness (QED) is 0.865. The molecule has 2 rings (SSSR count). The largest absolute Gasteiger partial charge is 0.500 e. The molecule has 0 saturated carbocycles. The van der Waals surface area contributed by atoms with Crippen LogP contribution in [0.2, 0.25) is 0 Å². The fourth-order valence-corrected chi connectivity index (χ4v) is 2.76. The zero-order valence-corrected chi connectivity index (χ0v) is 13.3. The van der Waals surface area contributed by atoms with Gasteiger partial charge in [0.25, 0.3) is 0 Å². The third-order valence-electron chi connectivity index (χ3n) is 3.57. The Morgan fingerprint density at radius 2 is 1.43 bits per heavy atom. The molecule has 0 aliphatic heterocycles. The van der Waals surface area contributed by atoms with Gasteiger partial charge in [-0.3, -0.25) is 0 Å². The van der Waals surface area contributed by atoms with E-state index in [1.54, 1.807) is 36.4 Å². The third-order valence-corrected chi connectivity index (χ3v) is 4.35. The fraction of sp³-hybridized carbons (Fsp3) is 0.250. The van der Waals surface area contributed by atoms with Crippen molar-refractivity contribution in [2.24, 2.45) is 0 Å². The van der Waals surface area contributed by atoms with Gasteiger partial charge in [-0.15, -0.1) is 8.42 Å². The molecule has 0 aliphatic rings. The molecule has 2 aromatic rings. The molecule has 0 saturated heterocycles. The standard InChI is InChI=1S/C16H18O4S/c1-11-10-16(14(4)13(3)12(11)2)20-21(17,18)19-15-8-6-5-7-9-15/h5-10H,1-4H3. The molecule has 5 heteroatoms. The lowest BCUT2D eigenvalue weighted by atomic mass is 9.99. The number of hydrogen-bond acceptors (Lipinski definition) is 4. The molecule has 0 aliphatic carbocycles. The average Bonchev–Trinajstić information content (AvgIpc) is 2.43. The first kappa shape index (κ1) is 15.4. The van der Waals surface area contributed by atoms with Crippen molar-refractivity contribution < 1.29 is 16.8 Å². The van der Waals surface area contributed by atoms with E-state index >= 15 is 0 Å². The molecule has 0 fully saturated rings. The summed E-state index contributed by atoms with van der Waals surface area (Å²) in [7, 11) is -4.16. The van der Waals surface area contributed by atoms with E-state index in [-0.39, 0.29) is 5.75 Å². The number of aryl methyl sites for hydroxylation is 1. The minimum absolute atomic E-state index is 0.218. The normalized spacial score (nSPS) is 11.2. The Bertz CT molecular complexity index is 750. The summed E-state index contributed by atoms with van der Waals surface area (Å²) < 4.78 is 34.0. The van der Waals surface area contributed by atoms with Gasteiger partial charge in [0.15, 0.2) is 0 Å². The van der Waals surface area contributed by atoms with Crippen molar-refractivity contribution in [3.63, 3.8) is 0 Å². The van der Waals surface area contributed by atoms with Gasteiger partial charge in [0.1, 0.15) is 11.5 Å². The van der Waals surface area contributed by atoms with Crippen molar-refractivity contribution in [3.05, 3.63) is 58.7 Å². The van der Waals surface area contributed by atoms with Crippen LogP contribution in [0.25, 0.3) is 0 Å². The lowest BCUT2D eigenvalue weighted by Crippen LogP contribution is -2.17. The van der Waals surface area contributed by atoms with Gasteiger partial charge in [0, 0.05) is 0 Å². The van der Waals surface area contributed by atoms with Crippen LogP contribution in [0.15, 0.2) is 36.4 Å². The maximum atomic E-state index is 12.0. The second kappa shape index (κ2) is 5.77. The van der Waals surface area contributed by atoms with E-state index in [0.717, 1.165) is 22.3 Å². The first-order valence-electron chi connectivity index (χ1n) is 6.56. The molecule has 0 N–H and O–H groups in total. The third kappa shape index (κ3) is 3.55. The van der Waals surface area contributed by atoms with E-state index in [0.29, 0.717) is 5.75 Å². The fourth-order valence-electron chi connectivity index (χ4n) is 1.98. The topological polar surface area (TPSA) is 52.6 Å². The van der Waals surface area contributed by atoms with Crippen LogP contribution < -0.4 is 8.37 Å². The Balaban J connectivity index is 2.29. The molecule has 0 bridgehead atoms. The highest BCUT2D eigenvalue weighted by molar-refractivity contribution is 7.82. The van der Waals surface area contributed by atoms with Crippen LogP contribution in [-0.4, -0.2) is 8.42 Å². The van der Waals surface area contributed by atoms with Crippen molar-refractivity contribution in [1.29, 1.82) is 0 Å². The predicted octanol–water partition coefficient (Wildman–Crippen LogP) is 3.62. The molecule has 112 valence electrons. The molecule has 0 aromatic heterocycles. The second-order valence-corrected chi connectivity index (χ2v) is 6.10. The monoisotopic (exact) mass is 306 g/mol. The van der Waals surface area contributed by atoms with E-state index in [4.69, 9.17) is 8.37 Å². The zero-order chi connectivity index (χ0) is 15.6. The molecule has 0 radical (unpaired) electrons. The van der Waals surface area contributed by atoms with Crippen LogP contribution in [0.4, 0.5) is 0 Å². The van der Waals surface area contributed by atoms with Gasteiger partial charge >= 0.3 is 10.4 Å². The summed E-state index contributed by atoms with van der Waals surface area (Å²) in [5.41, 5.74) is 3.91. The Kier molecular flexibility index (Phi) is 4.23. The Hall–Kier alpha value is -2.01. The first-order valence-corrected chi connectivity index (χ1v) is 7.90. The van der Waals surface area contributed by atoms with Gasteiger partial charge < -0.3 is 8.37 Å². The minimum Gasteiger partial charge on any atom is -0.353 e. The molecule has 0 heterocycles. The van der Waals surface area contributed by atoms with Crippen LogP contribution in [0.1, 0.15) is 22.3 Å². The molecule has 0 atom stereocenters. The smallest absolute Gasteiger partial charge is 0.353 e. The van der Waals surface area contributed by atoms with Crippen molar-refractivity contribution >= 4 is 10.4 Å². The van der Waals surface area contributed by atoms with Gasteiger partial charge in [-0.25, -0.2) is 0 Å². The second-order valence-electron chi connectivity index (χ2n) is 4.95. The molecule has 4 nitrogen and oxygen atoms in total. The highest BCUT2D eigenvalue weighted by atomic mass is 32.3. The Morgan fingerprint density at radius 3 is 2.05 bits per heavy atom. The summed E-state index contributed by atoms with van der Waals surface area (Å²) in [4.78, 5) is 0. The van der Waals surface area contributed by atoms with Gasteiger partial charge in [-0.2, -0.15) is 0 Å². The van der Waals surface area contributed by atoms with Gasteiger partial charge in [0.05, 0.1) is 0 Å². The summed E-state index contributed by atoms with van der Waals surface area (Å²) in [6, 6.07) is 9.98. The van der Waals surface area contributed by atoms with Crippen LogP contribution >= 0.6 is 0 Å². The summed E-state index contributed by atoms with van der Waals surface area (Å²) in [5, 5.41) is 0. The van der Waals surface area contributed by atoms with E-state index in [1.165, 1.54) is 0 Å². The number of rotatable bonds is 4. The minimum atomic E-state index is -4.16.